The SMILES string of the molecule is CCCC1(CNC(C)c2csc(Cl)c2)CC1. The lowest BCUT2D eigenvalue weighted by Crippen LogP contribution is -2.26. The van der Waals surface area contributed by atoms with Crippen molar-refractivity contribution in [2.24, 2.45) is 5.41 Å². The molecule has 1 atom stereocenters. The Kier molecular flexibility index (Phi) is 3.93. The summed E-state index contributed by atoms with van der Waals surface area (Å²) in [7, 11) is 0. The van der Waals surface area contributed by atoms with E-state index in [9.17, 15) is 0 Å². The van der Waals surface area contributed by atoms with Gasteiger partial charge in [-0.15, -0.1) is 11.3 Å². The summed E-state index contributed by atoms with van der Waals surface area (Å²) in [6.07, 6.45) is 5.49. The Bertz CT molecular complexity index is 343. The van der Waals surface area contributed by atoms with Gasteiger partial charge in [0.1, 0.15) is 0 Å². The number of halogens is 1. The molecule has 0 amide bonds. The largest absolute Gasteiger partial charge is 0.310 e. The van der Waals surface area contributed by atoms with Gasteiger partial charge in [0.05, 0.1) is 4.34 Å². The summed E-state index contributed by atoms with van der Waals surface area (Å²) in [6, 6.07) is 2.50. The summed E-state index contributed by atoms with van der Waals surface area (Å²) in [4.78, 5) is 0. The highest BCUT2D eigenvalue weighted by molar-refractivity contribution is 7.14. The highest BCUT2D eigenvalue weighted by atomic mass is 35.5. The van der Waals surface area contributed by atoms with Crippen molar-refractivity contribution in [2.75, 3.05) is 6.54 Å². The van der Waals surface area contributed by atoms with Crippen LogP contribution < -0.4 is 5.32 Å². The maximum Gasteiger partial charge on any atom is 0.0931 e. The van der Waals surface area contributed by atoms with Crippen molar-refractivity contribution in [1.29, 1.82) is 0 Å². The van der Waals surface area contributed by atoms with E-state index in [0.717, 1.165) is 10.9 Å². The zero-order valence-electron chi connectivity index (χ0n) is 10.1. The van der Waals surface area contributed by atoms with Crippen molar-refractivity contribution in [3.05, 3.63) is 21.3 Å². The van der Waals surface area contributed by atoms with Crippen LogP contribution in [0.15, 0.2) is 11.4 Å². The Hall–Kier alpha value is -0.0500. The van der Waals surface area contributed by atoms with Gasteiger partial charge < -0.3 is 5.32 Å². The molecule has 0 radical (unpaired) electrons. The molecule has 1 saturated carbocycles. The van der Waals surface area contributed by atoms with Gasteiger partial charge in [0.2, 0.25) is 0 Å². The molecule has 1 N–H and O–H groups in total. The van der Waals surface area contributed by atoms with Crippen LogP contribution in [0.5, 0.6) is 0 Å². The summed E-state index contributed by atoms with van der Waals surface area (Å²) in [6.45, 7) is 5.66. The van der Waals surface area contributed by atoms with Crippen LogP contribution in [-0.2, 0) is 0 Å². The molecule has 90 valence electrons. The zero-order chi connectivity index (χ0) is 11.6. The van der Waals surface area contributed by atoms with E-state index in [-0.39, 0.29) is 0 Å². The number of hydrogen-bond acceptors (Lipinski definition) is 2. The van der Waals surface area contributed by atoms with Gasteiger partial charge in [0.15, 0.2) is 0 Å². The van der Waals surface area contributed by atoms with E-state index in [4.69, 9.17) is 11.6 Å². The number of hydrogen-bond donors (Lipinski definition) is 1. The van der Waals surface area contributed by atoms with E-state index in [1.165, 1.54) is 31.2 Å². The second-order valence-corrected chi connectivity index (χ2v) is 6.58. The first-order valence-corrected chi connectivity index (χ1v) is 7.38. The van der Waals surface area contributed by atoms with Gasteiger partial charge in [-0.05, 0) is 48.6 Å². The van der Waals surface area contributed by atoms with Crippen LogP contribution in [0.25, 0.3) is 0 Å². The minimum absolute atomic E-state index is 0.429. The maximum atomic E-state index is 5.95. The molecule has 1 aromatic rings. The summed E-state index contributed by atoms with van der Waals surface area (Å²) >= 11 is 7.56. The predicted octanol–water partition coefficient (Wildman–Crippen LogP) is 4.63. The summed E-state index contributed by atoms with van der Waals surface area (Å²) in [5.41, 5.74) is 1.95. The van der Waals surface area contributed by atoms with Crippen molar-refractivity contribution in [2.45, 2.75) is 45.6 Å². The summed E-state index contributed by atoms with van der Waals surface area (Å²) in [5.74, 6) is 0. The van der Waals surface area contributed by atoms with Gasteiger partial charge in [-0.2, -0.15) is 0 Å². The summed E-state index contributed by atoms with van der Waals surface area (Å²) in [5, 5.41) is 5.80. The molecule has 16 heavy (non-hydrogen) atoms. The van der Waals surface area contributed by atoms with Crippen LogP contribution in [0.2, 0.25) is 4.34 Å². The van der Waals surface area contributed by atoms with Crippen LogP contribution in [0.3, 0.4) is 0 Å². The van der Waals surface area contributed by atoms with E-state index >= 15 is 0 Å². The lowest BCUT2D eigenvalue weighted by Gasteiger charge is -2.19. The lowest BCUT2D eigenvalue weighted by atomic mass is 10.00. The molecule has 1 nitrogen and oxygen atoms in total. The molecule has 3 heteroatoms. The molecule has 0 aliphatic heterocycles. The molecule has 1 unspecified atom stereocenters. The first-order valence-electron chi connectivity index (χ1n) is 6.12. The van der Waals surface area contributed by atoms with Gasteiger partial charge in [0.25, 0.3) is 0 Å². The molecular weight excluding hydrogens is 238 g/mol. The average Bonchev–Trinajstić information content (AvgIpc) is 2.89. The van der Waals surface area contributed by atoms with Gasteiger partial charge in [0, 0.05) is 12.6 Å². The zero-order valence-corrected chi connectivity index (χ0v) is 11.6. The molecule has 0 bridgehead atoms. The lowest BCUT2D eigenvalue weighted by molar-refractivity contribution is 0.397. The third kappa shape index (κ3) is 2.99. The van der Waals surface area contributed by atoms with E-state index in [2.05, 4.69) is 30.6 Å². The van der Waals surface area contributed by atoms with Crippen LogP contribution >= 0.6 is 22.9 Å². The van der Waals surface area contributed by atoms with Gasteiger partial charge in [-0.1, -0.05) is 24.9 Å². The topological polar surface area (TPSA) is 12.0 Å². The highest BCUT2D eigenvalue weighted by Gasteiger charge is 2.41. The fourth-order valence-electron chi connectivity index (χ4n) is 2.26. The van der Waals surface area contributed by atoms with Gasteiger partial charge in [-0.25, -0.2) is 0 Å². The first-order chi connectivity index (χ1) is 7.65. The quantitative estimate of drug-likeness (QED) is 0.783. The molecule has 0 saturated heterocycles. The Labute approximate surface area is 107 Å². The molecule has 1 aliphatic rings. The number of nitrogens with one attached hydrogen (secondary N) is 1. The summed E-state index contributed by atoms with van der Waals surface area (Å²) < 4.78 is 0.887. The average molecular weight is 258 g/mol. The van der Waals surface area contributed by atoms with Crippen LogP contribution in [0.4, 0.5) is 0 Å². The van der Waals surface area contributed by atoms with Crippen LogP contribution in [-0.4, -0.2) is 6.54 Å². The van der Waals surface area contributed by atoms with Gasteiger partial charge >= 0.3 is 0 Å². The molecule has 0 aromatic carbocycles. The van der Waals surface area contributed by atoms with E-state index in [1.807, 2.05) is 0 Å². The van der Waals surface area contributed by atoms with Crippen molar-refractivity contribution in [3.63, 3.8) is 0 Å². The number of rotatable bonds is 6. The Morgan fingerprint density at radius 1 is 1.56 bits per heavy atom. The molecule has 2 rings (SSSR count). The third-order valence-corrected chi connectivity index (χ3v) is 4.72. The highest BCUT2D eigenvalue weighted by Crippen LogP contribution is 2.49. The fraction of sp³-hybridized carbons (Fsp3) is 0.692. The van der Waals surface area contributed by atoms with E-state index in [0.29, 0.717) is 11.5 Å². The van der Waals surface area contributed by atoms with Crippen molar-refractivity contribution in [3.8, 4) is 0 Å². The molecule has 1 aromatic heterocycles. The fourth-order valence-corrected chi connectivity index (χ4v) is 3.24. The first kappa shape index (κ1) is 12.4. The minimum atomic E-state index is 0.429. The standard InChI is InChI=1S/C13H20ClNS/c1-3-4-13(5-6-13)9-15-10(2)11-7-12(14)16-8-11/h7-8,10,15H,3-6,9H2,1-2H3. The van der Waals surface area contributed by atoms with Crippen LogP contribution in [0, 0.1) is 5.41 Å². The van der Waals surface area contributed by atoms with Gasteiger partial charge in [-0.3, -0.25) is 0 Å². The maximum absolute atomic E-state index is 5.95. The number of thiophene rings is 1. The molecule has 0 spiro atoms. The van der Waals surface area contributed by atoms with Crippen molar-refractivity contribution >= 4 is 22.9 Å². The second kappa shape index (κ2) is 5.07. The Balaban J connectivity index is 1.82. The Morgan fingerprint density at radius 2 is 2.31 bits per heavy atom. The van der Waals surface area contributed by atoms with E-state index < -0.39 is 0 Å². The molecule has 1 heterocycles. The smallest absolute Gasteiger partial charge is 0.0931 e. The molecule has 1 fully saturated rings. The predicted molar refractivity (Wildman–Crippen MR) is 72.3 cm³/mol. The van der Waals surface area contributed by atoms with Crippen molar-refractivity contribution in [1.82, 2.24) is 5.32 Å². The molecular formula is C13H20ClNS. The second-order valence-electron chi connectivity index (χ2n) is 5.04. The third-order valence-electron chi connectivity index (χ3n) is 3.61. The minimum Gasteiger partial charge on any atom is -0.310 e. The van der Waals surface area contributed by atoms with Crippen LogP contribution in [0.1, 0.15) is 51.1 Å². The normalized spacial score (nSPS) is 19.7. The van der Waals surface area contributed by atoms with E-state index in [1.54, 1.807) is 11.3 Å². The Morgan fingerprint density at radius 3 is 2.81 bits per heavy atom. The van der Waals surface area contributed by atoms with Crippen molar-refractivity contribution < 1.29 is 0 Å². The molecule has 1 aliphatic carbocycles. The monoisotopic (exact) mass is 257 g/mol.